The molecule has 0 bridgehead atoms. The number of nitrogens with one attached hydrogen (secondary N) is 3. The Morgan fingerprint density at radius 1 is 1.00 bits per heavy atom. The Hall–Kier alpha value is -1.75. The van der Waals surface area contributed by atoms with Crippen LogP contribution in [0.2, 0.25) is 0 Å². The summed E-state index contributed by atoms with van der Waals surface area (Å²) in [5.74, 6) is -0.471. The number of alkyl halides is 6. The number of rotatable bonds is 2. The van der Waals surface area contributed by atoms with Crippen LogP contribution in [0, 0.1) is 5.41 Å². The van der Waals surface area contributed by atoms with Gasteiger partial charge in [0, 0.05) is 5.69 Å². The van der Waals surface area contributed by atoms with Crippen LogP contribution in [-0.2, 0) is 12.4 Å². The Labute approximate surface area is 144 Å². The number of benzene rings is 1. The molecule has 0 aliphatic heterocycles. The molecule has 0 saturated heterocycles. The quantitative estimate of drug-likeness (QED) is 0.310. The molecule has 1 aromatic carbocycles. The van der Waals surface area contributed by atoms with E-state index >= 15 is 0 Å². The lowest BCUT2D eigenvalue weighted by Crippen LogP contribution is -2.20. The summed E-state index contributed by atoms with van der Waals surface area (Å²) in [5.41, 5.74) is -0.946. The zero-order valence-electron chi connectivity index (χ0n) is 11.4. The van der Waals surface area contributed by atoms with E-state index in [1.54, 1.807) is 0 Å². The lowest BCUT2D eigenvalue weighted by Gasteiger charge is -2.12. The molecule has 2 rings (SSSR count). The zero-order valence-corrected chi connectivity index (χ0v) is 13.8. The average Bonchev–Trinajstić information content (AvgIpc) is 2.79. The molecule has 130 valence electrons. The highest BCUT2D eigenvalue weighted by molar-refractivity contribution is 9.11. The SMILES string of the molecule is N=C(Nc1cccc(C(F)(F)F)c1)Nc1cc(C(F)(F)F)sc1Br. The van der Waals surface area contributed by atoms with Crippen LogP contribution >= 0.6 is 27.3 Å². The molecule has 24 heavy (non-hydrogen) atoms. The van der Waals surface area contributed by atoms with Gasteiger partial charge in [-0.05, 0) is 40.2 Å². The van der Waals surface area contributed by atoms with Crippen molar-refractivity contribution in [3.8, 4) is 0 Å². The topological polar surface area (TPSA) is 47.9 Å². The lowest BCUT2D eigenvalue weighted by atomic mass is 10.2. The molecule has 11 heteroatoms. The van der Waals surface area contributed by atoms with Crippen molar-refractivity contribution in [2.24, 2.45) is 0 Å². The van der Waals surface area contributed by atoms with Crippen molar-refractivity contribution in [2.45, 2.75) is 12.4 Å². The summed E-state index contributed by atoms with van der Waals surface area (Å²) >= 11 is 3.38. The van der Waals surface area contributed by atoms with Gasteiger partial charge < -0.3 is 10.6 Å². The van der Waals surface area contributed by atoms with Gasteiger partial charge in [0.25, 0.3) is 0 Å². The van der Waals surface area contributed by atoms with Crippen molar-refractivity contribution in [3.05, 3.63) is 44.6 Å². The first-order valence-corrected chi connectivity index (χ1v) is 7.74. The van der Waals surface area contributed by atoms with E-state index in [0.29, 0.717) is 11.3 Å². The first-order valence-electron chi connectivity index (χ1n) is 6.13. The van der Waals surface area contributed by atoms with Crippen LogP contribution in [0.4, 0.5) is 37.7 Å². The molecule has 0 fully saturated rings. The van der Waals surface area contributed by atoms with Crippen LogP contribution in [0.25, 0.3) is 0 Å². The molecule has 2 aromatic rings. The Balaban J connectivity index is 2.11. The monoisotopic (exact) mass is 431 g/mol. The van der Waals surface area contributed by atoms with Crippen molar-refractivity contribution in [1.29, 1.82) is 5.41 Å². The lowest BCUT2D eigenvalue weighted by molar-refractivity contribution is -0.137. The molecule has 0 atom stereocenters. The molecule has 3 N–H and O–H groups in total. The third-order valence-corrected chi connectivity index (χ3v) is 4.57. The van der Waals surface area contributed by atoms with E-state index in [1.807, 2.05) is 0 Å². The van der Waals surface area contributed by atoms with Crippen molar-refractivity contribution in [1.82, 2.24) is 0 Å². The van der Waals surface area contributed by atoms with Crippen LogP contribution < -0.4 is 10.6 Å². The fraction of sp³-hybridized carbons (Fsp3) is 0.154. The second kappa shape index (κ2) is 6.63. The number of hydrogen-bond acceptors (Lipinski definition) is 2. The van der Waals surface area contributed by atoms with Gasteiger partial charge in [0.1, 0.15) is 4.88 Å². The highest BCUT2D eigenvalue weighted by Crippen LogP contribution is 2.41. The van der Waals surface area contributed by atoms with Gasteiger partial charge in [-0.25, -0.2) is 0 Å². The summed E-state index contributed by atoms with van der Waals surface area (Å²) in [6.45, 7) is 0. The minimum Gasteiger partial charge on any atom is -0.326 e. The summed E-state index contributed by atoms with van der Waals surface area (Å²) in [6.07, 6.45) is -9.06. The number of thiophene rings is 1. The number of halogens is 7. The summed E-state index contributed by atoms with van der Waals surface area (Å²) in [5, 5.41) is 12.4. The van der Waals surface area contributed by atoms with Crippen LogP contribution in [0.1, 0.15) is 10.4 Å². The predicted octanol–water partition coefficient (Wildman–Crippen LogP) is 6.01. The standard InChI is InChI=1S/C13H8BrF6N3S/c14-10-8(5-9(24-10)13(18,19)20)23-11(21)22-7-3-1-2-6(4-7)12(15,16)17/h1-5H,(H3,21,22,23). The molecular formula is C13H8BrF6N3S. The molecule has 1 aromatic heterocycles. The van der Waals surface area contributed by atoms with E-state index in [2.05, 4.69) is 26.6 Å². The minimum atomic E-state index is -4.54. The van der Waals surface area contributed by atoms with Crippen LogP contribution in [0.15, 0.2) is 34.1 Å². The second-order valence-corrected chi connectivity index (χ2v) is 6.87. The zero-order chi connectivity index (χ0) is 18.1. The Kier molecular flexibility index (Phi) is 5.14. The summed E-state index contributed by atoms with van der Waals surface area (Å²) in [4.78, 5) is -0.872. The molecule has 0 amide bonds. The summed E-state index contributed by atoms with van der Waals surface area (Å²) in [6, 6.07) is 4.92. The summed E-state index contributed by atoms with van der Waals surface area (Å²) in [7, 11) is 0. The van der Waals surface area contributed by atoms with Crippen molar-refractivity contribution in [3.63, 3.8) is 0 Å². The maximum atomic E-state index is 12.6. The van der Waals surface area contributed by atoms with Gasteiger partial charge >= 0.3 is 12.4 Å². The number of anilines is 2. The maximum Gasteiger partial charge on any atom is 0.425 e. The Morgan fingerprint density at radius 3 is 2.21 bits per heavy atom. The van der Waals surface area contributed by atoms with E-state index in [-0.39, 0.29) is 15.2 Å². The first-order chi connectivity index (χ1) is 11.0. The smallest absolute Gasteiger partial charge is 0.326 e. The van der Waals surface area contributed by atoms with Crippen LogP contribution in [-0.4, -0.2) is 5.96 Å². The largest absolute Gasteiger partial charge is 0.425 e. The van der Waals surface area contributed by atoms with Crippen LogP contribution in [0.3, 0.4) is 0 Å². The van der Waals surface area contributed by atoms with Gasteiger partial charge in [-0.3, -0.25) is 5.41 Å². The fourth-order valence-electron chi connectivity index (χ4n) is 1.68. The molecule has 3 nitrogen and oxygen atoms in total. The van der Waals surface area contributed by atoms with Gasteiger partial charge in [-0.1, -0.05) is 6.07 Å². The van der Waals surface area contributed by atoms with Crippen LogP contribution in [0.5, 0.6) is 0 Å². The van der Waals surface area contributed by atoms with E-state index in [4.69, 9.17) is 5.41 Å². The molecule has 0 aliphatic carbocycles. The van der Waals surface area contributed by atoms with Gasteiger partial charge in [0.15, 0.2) is 5.96 Å². The molecule has 0 unspecified atom stereocenters. The third-order valence-electron chi connectivity index (χ3n) is 2.69. The number of hydrogen-bond donors (Lipinski definition) is 3. The van der Waals surface area contributed by atoms with Gasteiger partial charge in [0.2, 0.25) is 0 Å². The highest BCUT2D eigenvalue weighted by atomic mass is 79.9. The Bertz CT molecular complexity index is 753. The van der Waals surface area contributed by atoms with Gasteiger partial charge in [-0.15, -0.1) is 11.3 Å². The average molecular weight is 432 g/mol. The highest BCUT2D eigenvalue weighted by Gasteiger charge is 2.34. The van der Waals surface area contributed by atoms with Gasteiger partial charge in [-0.2, -0.15) is 26.3 Å². The van der Waals surface area contributed by atoms with E-state index < -0.39 is 28.8 Å². The van der Waals surface area contributed by atoms with Crippen molar-refractivity contribution < 1.29 is 26.3 Å². The Morgan fingerprint density at radius 2 is 1.67 bits per heavy atom. The minimum absolute atomic E-state index is 0.0169. The summed E-state index contributed by atoms with van der Waals surface area (Å²) < 4.78 is 75.8. The third kappa shape index (κ3) is 4.63. The predicted molar refractivity (Wildman–Crippen MR) is 83.4 cm³/mol. The van der Waals surface area contributed by atoms with Gasteiger partial charge in [0.05, 0.1) is 15.0 Å². The van der Waals surface area contributed by atoms with E-state index in [9.17, 15) is 26.3 Å². The first kappa shape index (κ1) is 18.6. The van der Waals surface area contributed by atoms with Crippen molar-refractivity contribution in [2.75, 3.05) is 10.6 Å². The molecule has 1 heterocycles. The molecule has 0 spiro atoms. The van der Waals surface area contributed by atoms with E-state index in [1.165, 1.54) is 6.07 Å². The maximum absolute atomic E-state index is 12.6. The molecule has 0 aliphatic rings. The normalized spacial score (nSPS) is 12.1. The molecule has 0 saturated carbocycles. The van der Waals surface area contributed by atoms with Crippen molar-refractivity contribution >= 4 is 44.6 Å². The second-order valence-electron chi connectivity index (χ2n) is 4.50. The molecule has 0 radical (unpaired) electrons. The van der Waals surface area contributed by atoms with E-state index in [0.717, 1.165) is 24.3 Å². The number of guanidine groups is 1. The fourth-order valence-corrected chi connectivity index (χ4v) is 3.12. The molecular weight excluding hydrogens is 424 g/mol.